The summed E-state index contributed by atoms with van der Waals surface area (Å²) in [4.78, 5) is 21.8. The van der Waals surface area contributed by atoms with Crippen LogP contribution in [0.2, 0.25) is 0 Å². The molecule has 0 aromatic heterocycles. The number of carbonyl (C=O) groups is 2. The van der Waals surface area contributed by atoms with Crippen LogP contribution >= 0.6 is 0 Å². The summed E-state index contributed by atoms with van der Waals surface area (Å²) in [6.07, 6.45) is 0. The van der Waals surface area contributed by atoms with E-state index >= 15 is 0 Å². The molecule has 1 N–H and O–H groups in total. The summed E-state index contributed by atoms with van der Waals surface area (Å²) in [5.74, 6) is -1.61. The Morgan fingerprint density at radius 3 is 2.57 bits per heavy atom. The summed E-state index contributed by atoms with van der Waals surface area (Å²) in [6, 6.07) is 4.40. The van der Waals surface area contributed by atoms with Crippen LogP contribution in [0.25, 0.3) is 0 Å². The summed E-state index contributed by atoms with van der Waals surface area (Å²) in [7, 11) is 0. The zero-order chi connectivity index (χ0) is 10.7. The van der Waals surface area contributed by atoms with Crippen molar-refractivity contribution in [3.05, 3.63) is 34.9 Å². The number of carbonyl (C=O) groups excluding carboxylic acids is 1. The van der Waals surface area contributed by atoms with Crippen molar-refractivity contribution in [3.8, 4) is 0 Å². The van der Waals surface area contributed by atoms with Crippen LogP contribution in [0.1, 0.15) is 26.3 Å². The number of carboxylic acid groups (broad SMARTS) is 1. The fourth-order valence-electron chi connectivity index (χ4n) is 1.01. The van der Waals surface area contributed by atoms with Crippen LogP contribution in [0.5, 0.6) is 0 Å². The van der Waals surface area contributed by atoms with Gasteiger partial charge in [-0.15, -0.1) is 0 Å². The minimum absolute atomic E-state index is 0.112. The van der Waals surface area contributed by atoms with Gasteiger partial charge in [0.05, 0.1) is 0 Å². The third-order valence-corrected chi connectivity index (χ3v) is 2.16. The normalized spacial score (nSPS) is 9.64. The van der Waals surface area contributed by atoms with Crippen molar-refractivity contribution in [1.82, 2.24) is 0 Å². The van der Waals surface area contributed by atoms with Gasteiger partial charge in [0.15, 0.2) is 0 Å². The summed E-state index contributed by atoms with van der Waals surface area (Å²) < 4.78 is 4.42. The third kappa shape index (κ3) is 2.23. The Kier molecular flexibility index (Phi) is 3.46. The van der Waals surface area contributed by atoms with Crippen molar-refractivity contribution in [2.45, 2.75) is 6.92 Å². The van der Waals surface area contributed by atoms with Crippen molar-refractivity contribution in [2.75, 3.05) is 0 Å². The predicted octanol–water partition coefficient (Wildman–Crippen LogP) is 1.31. The molecule has 0 amide bonds. The molecule has 0 unspecified atom stereocenters. The Balaban J connectivity index is 3.19. The van der Waals surface area contributed by atoms with E-state index in [1.807, 2.05) is 0 Å². The van der Waals surface area contributed by atoms with Crippen LogP contribution in [0.15, 0.2) is 18.2 Å². The van der Waals surface area contributed by atoms with Crippen LogP contribution in [0.4, 0.5) is 0 Å². The third-order valence-electron chi connectivity index (χ3n) is 1.76. The Hall–Kier alpha value is -1.10. The van der Waals surface area contributed by atoms with Crippen LogP contribution in [-0.4, -0.2) is 17.0 Å². The topological polar surface area (TPSA) is 63.6 Å². The van der Waals surface area contributed by atoms with E-state index in [1.54, 1.807) is 34.5 Å². The van der Waals surface area contributed by atoms with Crippen molar-refractivity contribution >= 4 is 11.9 Å². The molecule has 0 saturated carbocycles. The summed E-state index contributed by atoms with van der Waals surface area (Å²) in [5, 5.41) is 8.79. The van der Waals surface area contributed by atoms with Crippen LogP contribution in [0.3, 0.4) is 0 Å². The van der Waals surface area contributed by atoms with E-state index in [1.165, 1.54) is 12.1 Å². The number of benzene rings is 1. The molecule has 0 aliphatic rings. The maximum atomic E-state index is 11.1. The van der Waals surface area contributed by atoms with Crippen LogP contribution < -0.4 is 0 Å². The van der Waals surface area contributed by atoms with Gasteiger partial charge in [0.2, 0.25) is 0 Å². The van der Waals surface area contributed by atoms with Gasteiger partial charge in [-0.1, -0.05) is 0 Å². The van der Waals surface area contributed by atoms with Gasteiger partial charge >= 0.3 is 93.2 Å². The molecular weight excluding hydrogens is 369 g/mol. The van der Waals surface area contributed by atoms with Crippen molar-refractivity contribution in [3.63, 3.8) is 0 Å². The van der Waals surface area contributed by atoms with E-state index < -0.39 is 11.9 Å². The van der Waals surface area contributed by atoms with E-state index in [2.05, 4.69) is 3.24 Å². The SMILES string of the molecule is Cc1ccc(C(=O)[O][Au])cc1C(=O)O. The molecule has 14 heavy (non-hydrogen) atoms. The number of aryl methyl sites for hydroxylation is 1. The molecule has 0 aliphatic carbocycles. The average Bonchev–Trinajstić information content (AvgIpc) is 2.17. The quantitative estimate of drug-likeness (QED) is 0.791. The summed E-state index contributed by atoms with van der Waals surface area (Å²) in [6.45, 7) is 1.67. The summed E-state index contributed by atoms with van der Waals surface area (Å²) in [5.41, 5.74) is 0.956. The molecular formula is C9H7AuO4. The fraction of sp³-hybridized carbons (Fsp3) is 0.111. The molecule has 0 fully saturated rings. The van der Waals surface area contributed by atoms with Gasteiger partial charge in [-0.05, 0) is 0 Å². The first kappa shape index (κ1) is 11.0. The van der Waals surface area contributed by atoms with Gasteiger partial charge in [0.25, 0.3) is 0 Å². The standard InChI is InChI=1S/C9H8O4.Au/c1-5-2-3-6(8(10)11)4-7(5)9(12)13;/h2-4H,1H3,(H,10,11)(H,12,13);/q;+1/p-1. The first-order chi connectivity index (χ1) is 6.56. The van der Waals surface area contributed by atoms with Gasteiger partial charge in [0, 0.05) is 0 Å². The number of hydrogen-bond acceptors (Lipinski definition) is 3. The van der Waals surface area contributed by atoms with Crippen LogP contribution in [0, 0.1) is 6.92 Å². The monoisotopic (exact) mass is 376 g/mol. The molecule has 1 aromatic rings. The van der Waals surface area contributed by atoms with Crippen LogP contribution in [-0.2, 0) is 24.7 Å². The Morgan fingerprint density at radius 2 is 2.07 bits per heavy atom. The molecule has 1 rings (SSSR count). The van der Waals surface area contributed by atoms with Crippen molar-refractivity contribution in [2.24, 2.45) is 0 Å². The molecule has 0 atom stereocenters. The molecule has 0 radical (unpaired) electrons. The maximum absolute atomic E-state index is 11.1. The molecule has 0 spiro atoms. The second kappa shape index (κ2) is 4.41. The zero-order valence-electron chi connectivity index (χ0n) is 7.21. The average molecular weight is 376 g/mol. The second-order valence-electron chi connectivity index (χ2n) is 2.68. The van der Waals surface area contributed by atoms with Crippen molar-refractivity contribution in [1.29, 1.82) is 0 Å². The molecule has 0 aliphatic heterocycles. The van der Waals surface area contributed by atoms with Gasteiger partial charge in [-0.2, -0.15) is 0 Å². The molecule has 0 heterocycles. The predicted molar refractivity (Wildman–Crippen MR) is 43.6 cm³/mol. The number of carboxylic acids is 1. The first-order valence-electron chi connectivity index (χ1n) is 3.70. The molecule has 5 heteroatoms. The zero-order valence-corrected chi connectivity index (χ0v) is 9.37. The van der Waals surface area contributed by atoms with E-state index in [0.29, 0.717) is 5.56 Å². The van der Waals surface area contributed by atoms with Gasteiger partial charge < -0.3 is 0 Å². The summed E-state index contributed by atoms with van der Waals surface area (Å²) >= 11 is 1.63. The van der Waals surface area contributed by atoms with E-state index in [9.17, 15) is 9.59 Å². The molecule has 78 valence electrons. The number of aromatic carboxylic acids is 1. The molecule has 4 nitrogen and oxygen atoms in total. The van der Waals surface area contributed by atoms with Gasteiger partial charge in [0.1, 0.15) is 0 Å². The Bertz CT molecular complexity index is 386. The Labute approximate surface area is 93.3 Å². The first-order valence-corrected chi connectivity index (χ1v) is 4.58. The minimum atomic E-state index is -1.05. The molecule has 0 bridgehead atoms. The van der Waals surface area contributed by atoms with E-state index in [0.717, 1.165) is 0 Å². The number of hydrogen-bond donors (Lipinski definition) is 1. The molecule has 1 aromatic carbocycles. The van der Waals surface area contributed by atoms with Gasteiger partial charge in [-0.3, -0.25) is 0 Å². The number of rotatable bonds is 2. The van der Waals surface area contributed by atoms with E-state index in [4.69, 9.17) is 5.11 Å². The molecule has 0 saturated heterocycles. The van der Waals surface area contributed by atoms with Gasteiger partial charge in [-0.25, -0.2) is 0 Å². The van der Waals surface area contributed by atoms with E-state index in [-0.39, 0.29) is 11.1 Å². The fourth-order valence-corrected chi connectivity index (χ4v) is 1.27. The second-order valence-corrected chi connectivity index (χ2v) is 3.13. The Morgan fingerprint density at radius 1 is 1.43 bits per heavy atom. The van der Waals surface area contributed by atoms with Crippen molar-refractivity contribution < 1.29 is 39.4 Å².